The molecule has 3 N–H and O–H groups in total. The van der Waals surface area contributed by atoms with Gasteiger partial charge in [-0.2, -0.15) is 0 Å². The van der Waals surface area contributed by atoms with Crippen molar-refractivity contribution in [1.82, 2.24) is 0 Å². The summed E-state index contributed by atoms with van der Waals surface area (Å²) in [7, 11) is 0. The molecule has 0 saturated heterocycles. The molecular formula is C22H34INO3. The zero-order chi connectivity index (χ0) is 19.2. The van der Waals surface area contributed by atoms with Crippen LogP contribution in [0.3, 0.4) is 0 Å². The third-order valence-electron chi connectivity index (χ3n) is 6.58. The highest BCUT2D eigenvalue weighted by Gasteiger charge is 2.44. The van der Waals surface area contributed by atoms with E-state index in [1.165, 1.54) is 24.0 Å². The maximum Gasteiger partial charge on any atom is 0.150 e. The first-order chi connectivity index (χ1) is 13.1. The number of fused-ring (bicyclic) bond motifs is 2. The molecule has 5 atom stereocenters. The Kier molecular flexibility index (Phi) is 8.09. The molecule has 0 spiro atoms. The fourth-order valence-corrected chi connectivity index (χ4v) is 5.68. The molecule has 1 aromatic carbocycles. The van der Waals surface area contributed by atoms with E-state index >= 15 is 0 Å². The number of alkyl halides is 1. The van der Waals surface area contributed by atoms with Crippen LogP contribution in [0, 0.1) is 21.3 Å². The summed E-state index contributed by atoms with van der Waals surface area (Å²) >= 11 is -0.613. The first-order valence-corrected chi connectivity index (χ1v) is 13.1. The van der Waals surface area contributed by atoms with Gasteiger partial charge in [0.05, 0.1) is 12.2 Å². The van der Waals surface area contributed by atoms with Crippen LogP contribution in [0.2, 0.25) is 0 Å². The topological polar surface area (TPSA) is 73.5 Å². The Morgan fingerprint density at radius 1 is 1.26 bits per heavy atom. The zero-order valence-electron chi connectivity index (χ0n) is 16.4. The number of aliphatic hydroxyl groups excluding tert-OH is 2. The fourth-order valence-electron chi connectivity index (χ4n) is 5.18. The summed E-state index contributed by atoms with van der Waals surface area (Å²) in [6, 6.07) is 6.30. The van der Waals surface area contributed by atoms with Crippen LogP contribution >= 0.6 is 21.0 Å². The quantitative estimate of drug-likeness (QED) is 0.242. The summed E-state index contributed by atoms with van der Waals surface area (Å²) in [4.78, 5) is 0. The smallest absolute Gasteiger partial charge is 0.150 e. The molecule has 0 amide bonds. The van der Waals surface area contributed by atoms with E-state index in [1.807, 2.05) is 6.07 Å². The number of aliphatic hydroxyl groups is 2. The van der Waals surface area contributed by atoms with Gasteiger partial charge in [0.1, 0.15) is 5.75 Å². The van der Waals surface area contributed by atoms with Gasteiger partial charge in [-0.3, -0.25) is 3.56 Å². The molecule has 1 saturated carbocycles. The molecular weight excluding hydrogens is 453 g/mol. The lowest BCUT2D eigenvalue weighted by molar-refractivity contribution is 0.0869. The summed E-state index contributed by atoms with van der Waals surface area (Å²) in [6.45, 7) is 2.19. The molecule has 0 heterocycles. The Hall–Kier alpha value is -0.530. The van der Waals surface area contributed by atoms with Crippen LogP contribution in [0.25, 0.3) is 0 Å². The van der Waals surface area contributed by atoms with Gasteiger partial charge in [0.25, 0.3) is 0 Å². The Morgan fingerprint density at radius 3 is 2.89 bits per heavy atom. The standard InChI is InChI=1S/C22H34INO3/c1-2-3-4-7-17(25)9-10-18-19-11-15-6-5-8-22(27-14-23-24)20(15)12-16(19)13-21(18)26/h5-6,8,16-19,21,24-26H,2-4,7,9-14H2,1H3/t16-,17-,18+,19-,21+/m0/s1. The Bertz CT molecular complexity index is 624. The molecule has 0 bridgehead atoms. The number of benzene rings is 1. The number of halogens is 1. The van der Waals surface area contributed by atoms with Crippen molar-refractivity contribution >= 4 is 21.0 Å². The molecule has 0 aromatic heterocycles. The van der Waals surface area contributed by atoms with Crippen LogP contribution in [0.15, 0.2) is 18.2 Å². The average molecular weight is 487 g/mol. The molecule has 27 heavy (non-hydrogen) atoms. The Balaban J connectivity index is 1.62. The lowest BCUT2D eigenvalue weighted by Gasteiger charge is -2.32. The van der Waals surface area contributed by atoms with Gasteiger partial charge in [0.15, 0.2) is 4.61 Å². The van der Waals surface area contributed by atoms with Crippen molar-refractivity contribution in [2.45, 2.75) is 76.9 Å². The van der Waals surface area contributed by atoms with E-state index in [1.54, 1.807) is 0 Å². The highest BCUT2D eigenvalue weighted by Crippen LogP contribution is 2.48. The lowest BCUT2D eigenvalue weighted by atomic mass is 9.73. The van der Waals surface area contributed by atoms with Gasteiger partial charge in [-0.05, 0) is 73.5 Å². The van der Waals surface area contributed by atoms with Gasteiger partial charge in [-0.15, -0.1) is 0 Å². The summed E-state index contributed by atoms with van der Waals surface area (Å²) in [5.74, 6) is 2.31. The second-order valence-corrected chi connectivity index (χ2v) is 9.69. The number of rotatable bonds is 10. The minimum atomic E-state index is -0.613. The van der Waals surface area contributed by atoms with Crippen molar-refractivity contribution in [3.63, 3.8) is 0 Å². The van der Waals surface area contributed by atoms with E-state index in [4.69, 9.17) is 8.30 Å². The summed E-state index contributed by atoms with van der Waals surface area (Å²) in [5, 5.41) is 21.0. The maximum absolute atomic E-state index is 10.7. The maximum atomic E-state index is 10.7. The van der Waals surface area contributed by atoms with Crippen molar-refractivity contribution in [1.29, 1.82) is 3.56 Å². The van der Waals surface area contributed by atoms with Crippen LogP contribution in [0.1, 0.15) is 63.0 Å². The highest BCUT2D eigenvalue weighted by atomic mass is 127. The number of hydrogen-bond acceptors (Lipinski definition) is 4. The van der Waals surface area contributed by atoms with Crippen molar-refractivity contribution < 1.29 is 14.9 Å². The predicted molar refractivity (Wildman–Crippen MR) is 117 cm³/mol. The summed E-state index contributed by atoms with van der Waals surface area (Å²) < 4.78 is 13.8. The predicted octanol–water partition coefficient (Wildman–Crippen LogP) is 5.19. The average Bonchev–Trinajstić information content (AvgIpc) is 2.97. The third kappa shape index (κ3) is 5.30. The molecule has 0 aliphatic heterocycles. The van der Waals surface area contributed by atoms with Gasteiger partial charge in [-0.1, -0.05) is 38.3 Å². The second-order valence-electron chi connectivity index (χ2n) is 8.31. The normalized spacial score (nSPS) is 27.8. The van der Waals surface area contributed by atoms with Crippen LogP contribution in [0.4, 0.5) is 0 Å². The minimum absolute atomic E-state index is 0.216. The molecule has 0 unspecified atom stereocenters. The van der Waals surface area contributed by atoms with Crippen LogP contribution < -0.4 is 4.74 Å². The molecule has 2 aliphatic rings. The molecule has 1 fully saturated rings. The first kappa shape index (κ1) is 21.2. The lowest BCUT2D eigenvalue weighted by Crippen LogP contribution is -2.28. The van der Waals surface area contributed by atoms with E-state index in [0.717, 1.165) is 50.7 Å². The fraction of sp³-hybridized carbons (Fsp3) is 0.727. The molecule has 152 valence electrons. The van der Waals surface area contributed by atoms with Crippen molar-refractivity contribution in [2.75, 3.05) is 4.61 Å². The monoisotopic (exact) mass is 487 g/mol. The first-order valence-electron chi connectivity index (χ1n) is 10.5. The molecule has 1 aromatic rings. The summed E-state index contributed by atoms with van der Waals surface area (Å²) in [5.41, 5.74) is 2.67. The number of ether oxygens (including phenoxy) is 1. The summed E-state index contributed by atoms with van der Waals surface area (Å²) in [6.07, 6.45) is 8.56. The molecule has 3 rings (SSSR count). The Labute approximate surface area is 173 Å². The molecule has 2 aliphatic carbocycles. The van der Waals surface area contributed by atoms with Crippen LogP contribution in [-0.2, 0) is 12.8 Å². The second kappa shape index (κ2) is 10.3. The van der Waals surface area contributed by atoms with Crippen molar-refractivity contribution in [2.24, 2.45) is 17.8 Å². The number of hydrogen-bond donors (Lipinski definition) is 3. The number of unbranched alkanes of at least 4 members (excludes halogenated alkanes) is 2. The van der Waals surface area contributed by atoms with Gasteiger partial charge in [0.2, 0.25) is 0 Å². The van der Waals surface area contributed by atoms with E-state index in [2.05, 4.69) is 19.1 Å². The van der Waals surface area contributed by atoms with Gasteiger partial charge in [-0.25, -0.2) is 0 Å². The van der Waals surface area contributed by atoms with Crippen molar-refractivity contribution in [3.05, 3.63) is 29.3 Å². The molecule has 0 radical (unpaired) electrons. The third-order valence-corrected chi connectivity index (χ3v) is 7.21. The molecule has 5 heteroatoms. The van der Waals surface area contributed by atoms with Crippen LogP contribution in [-0.4, -0.2) is 27.0 Å². The molecule has 4 nitrogen and oxygen atoms in total. The van der Waals surface area contributed by atoms with E-state index in [9.17, 15) is 10.2 Å². The largest absolute Gasteiger partial charge is 0.482 e. The highest BCUT2D eigenvalue weighted by molar-refractivity contribution is 14.1. The van der Waals surface area contributed by atoms with Gasteiger partial charge < -0.3 is 14.9 Å². The van der Waals surface area contributed by atoms with E-state index in [0.29, 0.717) is 22.4 Å². The van der Waals surface area contributed by atoms with Gasteiger partial charge >= 0.3 is 0 Å². The number of nitrogens with one attached hydrogen (secondary N) is 1. The van der Waals surface area contributed by atoms with Gasteiger partial charge in [0, 0.05) is 21.0 Å². The van der Waals surface area contributed by atoms with E-state index in [-0.39, 0.29) is 12.2 Å². The van der Waals surface area contributed by atoms with Crippen LogP contribution in [0.5, 0.6) is 5.75 Å². The van der Waals surface area contributed by atoms with Crippen molar-refractivity contribution in [3.8, 4) is 5.75 Å². The SMILES string of the molecule is CCCCC[C@H](O)CC[C@@H]1[C@H]2Cc3cccc(OCI=N)c3C[C@H]2C[C@H]1O. The Morgan fingerprint density at radius 2 is 2.11 bits per heavy atom. The zero-order valence-corrected chi connectivity index (χ0v) is 18.5. The van der Waals surface area contributed by atoms with E-state index < -0.39 is 21.0 Å². The minimum Gasteiger partial charge on any atom is -0.482 e.